The zero-order valence-electron chi connectivity index (χ0n) is 72.1. The highest BCUT2D eigenvalue weighted by atomic mass is 32.1. The van der Waals surface area contributed by atoms with E-state index in [9.17, 15) is 0 Å². The lowest BCUT2D eigenvalue weighted by Crippen LogP contribution is -1.91. The fourth-order valence-electron chi connectivity index (χ4n) is 11.4. The largest absolute Gasteiger partial charge is 0.261 e. The zero-order valence-corrected chi connectivity index (χ0v) is 72.9. The molecule has 0 aliphatic rings. The molecule has 0 aliphatic carbocycles. The Morgan fingerprint density at radius 3 is 0.761 bits per heavy atom. The molecular weight excluding hydrogens is 1450 g/mol. The first-order chi connectivity index (χ1) is 56.3. The van der Waals surface area contributed by atoms with E-state index < -0.39 is 0 Å². The van der Waals surface area contributed by atoms with Crippen LogP contribution in [0.1, 0.15) is 224 Å². The Morgan fingerprint density at radius 2 is 0.496 bits per heavy atom. The van der Waals surface area contributed by atoms with Gasteiger partial charge in [-0.1, -0.05) is 293 Å². The van der Waals surface area contributed by atoms with Gasteiger partial charge in [-0.05, 0) is 166 Å². The van der Waals surface area contributed by atoms with E-state index in [4.69, 9.17) is 0 Å². The van der Waals surface area contributed by atoms with Gasteiger partial charge in [0.25, 0.3) is 0 Å². The molecule has 8 aromatic heterocycles. The highest BCUT2D eigenvalue weighted by Gasteiger charge is 2.10. The van der Waals surface area contributed by atoms with Crippen LogP contribution >= 0.6 is 11.3 Å². The maximum atomic E-state index is 4.32. The van der Waals surface area contributed by atoms with Gasteiger partial charge < -0.3 is 0 Å². The van der Waals surface area contributed by atoms with Gasteiger partial charge in [0.1, 0.15) is 5.82 Å². The second-order valence-electron chi connectivity index (χ2n) is 31.3. The van der Waals surface area contributed by atoms with Crippen LogP contribution in [0.5, 0.6) is 0 Å². The summed E-state index contributed by atoms with van der Waals surface area (Å²) in [5, 5.41) is 2.12. The molecule has 0 spiro atoms. The average Bonchev–Trinajstić information content (AvgIpc) is 1.21. The van der Waals surface area contributed by atoms with E-state index in [1.807, 2.05) is 119 Å². The molecule has 14 heteroatoms. The predicted octanol–water partition coefficient (Wildman–Crippen LogP) is 27.6. The van der Waals surface area contributed by atoms with E-state index in [0.717, 1.165) is 90.6 Å². The molecule has 7 aromatic carbocycles. The summed E-state index contributed by atoms with van der Waals surface area (Å²) in [7, 11) is 0. The number of hydrogen-bond acceptors (Lipinski definition) is 14. The van der Waals surface area contributed by atoms with E-state index in [0.29, 0.717) is 47.3 Å². The minimum atomic E-state index is 0.563. The number of nitrogens with zero attached hydrogens (tertiary/aromatic N) is 13. The molecule has 0 aliphatic heterocycles. The monoisotopic (exact) mass is 1570 g/mol. The van der Waals surface area contributed by atoms with Crippen molar-refractivity contribution in [3.05, 3.63) is 365 Å². The molecule has 117 heavy (non-hydrogen) atoms. The molecule has 15 rings (SSSR count). The molecule has 0 amide bonds. The fourth-order valence-corrected chi connectivity index (χ4v) is 12.2. The van der Waals surface area contributed by atoms with E-state index in [-0.39, 0.29) is 0 Å². The van der Waals surface area contributed by atoms with Crippen LogP contribution in [-0.4, -0.2) is 64.8 Å². The number of rotatable bonds is 15. The molecule has 0 fully saturated rings. The smallest absolute Gasteiger partial charge is 0.159 e. The topological polar surface area (TPSA) is 168 Å². The minimum absolute atomic E-state index is 0.563. The Hall–Kier alpha value is -12.1. The van der Waals surface area contributed by atoms with Crippen LogP contribution < -0.4 is 0 Å². The predicted molar refractivity (Wildman–Crippen MR) is 490 cm³/mol. The molecule has 0 radical (unpaired) electrons. The third kappa shape index (κ3) is 30.2. The summed E-state index contributed by atoms with van der Waals surface area (Å²) in [5.41, 5.74) is 23.5. The van der Waals surface area contributed by atoms with E-state index in [2.05, 4.69) is 363 Å². The first-order valence-electron chi connectivity index (χ1n) is 40.6. The molecule has 0 saturated heterocycles. The van der Waals surface area contributed by atoms with Crippen LogP contribution in [0, 0.1) is 27.7 Å². The Morgan fingerprint density at radius 1 is 0.205 bits per heavy atom. The molecule has 0 atom stereocenters. The van der Waals surface area contributed by atoms with Gasteiger partial charge in [-0.25, -0.2) is 49.8 Å². The second-order valence-corrected chi connectivity index (χ2v) is 32.2. The summed E-state index contributed by atoms with van der Waals surface area (Å²) in [4.78, 5) is 56.8. The summed E-state index contributed by atoms with van der Waals surface area (Å²) in [6.07, 6.45) is 25.3. The van der Waals surface area contributed by atoms with Gasteiger partial charge >= 0.3 is 0 Å². The van der Waals surface area contributed by atoms with Crippen molar-refractivity contribution in [1.29, 1.82) is 0 Å². The summed E-state index contributed by atoms with van der Waals surface area (Å²) >= 11 is 1.83. The van der Waals surface area contributed by atoms with Gasteiger partial charge in [-0.2, -0.15) is 0 Å². The molecule has 15 aromatic rings. The molecule has 8 heterocycles. The molecule has 0 unspecified atom stereocenters. The van der Waals surface area contributed by atoms with Crippen molar-refractivity contribution in [2.75, 3.05) is 0 Å². The second kappa shape index (κ2) is 47.0. The van der Waals surface area contributed by atoms with Gasteiger partial charge in [-0.3, -0.25) is 15.0 Å². The van der Waals surface area contributed by atoms with Crippen molar-refractivity contribution in [2.45, 2.75) is 186 Å². The average molecular weight is 1570 g/mol. The van der Waals surface area contributed by atoms with E-state index in [1.54, 1.807) is 31.0 Å². The molecule has 600 valence electrons. The van der Waals surface area contributed by atoms with Crippen molar-refractivity contribution in [2.24, 2.45) is 0 Å². The summed E-state index contributed by atoms with van der Waals surface area (Å²) in [5.74, 6) is 8.66. The highest BCUT2D eigenvalue weighted by Crippen LogP contribution is 2.28. The minimum Gasteiger partial charge on any atom is -0.261 e. The number of aryl methyl sites for hydroxylation is 4. The van der Waals surface area contributed by atoms with Crippen molar-refractivity contribution in [1.82, 2.24) is 64.8 Å². The SMILES string of the molecule is CC(C)c1ccc(-c2ccccn2)cc1.CC(C)c1ccc(-c2cnccn2)cc1.CC(C)c1ccc(-c2ncccn2)cc1.CC(C)c1cccs1.Cc1cnc(-c2ccc(C(C)C)cc2)nc1.Cc1cnc(-c2ccc(C(C)C)cc2)nc1.Cc1cnc(-c2ccc(C(C)C)cc2)nc1.Cc1ncc(-c2ccc(C(C)C)cc2)cn1. The molecule has 13 nitrogen and oxygen atoms in total. The van der Waals surface area contributed by atoms with Gasteiger partial charge in [0, 0.05) is 124 Å². The van der Waals surface area contributed by atoms with Gasteiger partial charge in [0.15, 0.2) is 23.3 Å². The number of benzene rings is 7. The van der Waals surface area contributed by atoms with Gasteiger partial charge in [0.05, 0.1) is 17.6 Å². The Kier molecular flexibility index (Phi) is 36.3. The van der Waals surface area contributed by atoms with Gasteiger partial charge in [0.2, 0.25) is 0 Å². The molecule has 0 bridgehead atoms. The van der Waals surface area contributed by atoms with Crippen LogP contribution in [0.4, 0.5) is 0 Å². The number of thiophene rings is 1. The first-order valence-corrected chi connectivity index (χ1v) is 41.5. The van der Waals surface area contributed by atoms with Gasteiger partial charge in [-0.15, -0.1) is 11.3 Å². The standard InChI is InChI=1S/4C14H16N2.C14H15N.2C13H14N2.C7H10S/c1-10(2)12-4-6-13(7-5-12)14-8-15-11(3)16-9-14;3*1-10(2)12-4-6-13(7-5-12)14-15-8-11(3)9-16-14;1-11(2)12-6-8-13(9-7-12)14-5-3-4-10-15-14;1-10(2)11-4-6-12(7-5-11)13-14-8-3-9-15-13;1-10(2)11-3-5-12(6-4-11)13-9-14-7-8-15-13;1-6(2)7-4-3-5-8-7/h4*4-10H,1-3H3;3-11H,1-2H3;2*3-10H,1-2H3;3-6H,1-2H3. The summed E-state index contributed by atoms with van der Waals surface area (Å²) in [6.45, 7) is 43.0. The maximum Gasteiger partial charge on any atom is 0.159 e. The van der Waals surface area contributed by atoms with Crippen molar-refractivity contribution < 1.29 is 0 Å². The van der Waals surface area contributed by atoms with E-state index in [1.165, 1.54) is 54.9 Å². The van der Waals surface area contributed by atoms with Crippen LogP contribution in [-0.2, 0) is 0 Å². The Balaban J connectivity index is 0.000000168. The number of hydrogen-bond donors (Lipinski definition) is 0. The summed E-state index contributed by atoms with van der Waals surface area (Å²) < 4.78 is 0. The molecular formula is C103H117N13S. The third-order valence-electron chi connectivity index (χ3n) is 19.0. The Labute approximate surface area is 701 Å². The lowest BCUT2D eigenvalue weighted by molar-refractivity contribution is 0.866. The van der Waals surface area contributed by atoms with Crippen LogP contribution in [0.15, 0.2) is 298 Å². The quantitative estimate of drug-likeness (QED) is 0.0952. The first kappa shape index (κ1) is 90.4. The van der Waals surface area contributed by atoms with Crippen molar-refractivity contribution in [3.63, 3.8) is 0 Å². The summed E-state index contributed by atoms with van der Waals surface area (Å²) in [6, 6.07) is 71.6. The zero-order chi connectivity index (χ0) is 84.2. The maximum absolute atomic E-state index is 4.32. The van der Waals surface area contributed by atoms with Crippen molar-refractivity contribution in [3.8, 4) is 79.2 Å². The van der Waals surface area contributed by atoms with Crippen LogP contribution in [0.3, 0.4) is 0 Å². The number of pyridine rings is 1. The lowest BCUT2D eigenvalue weighted by atomic mass is 10.00. The van der Waals surface area contributed by atoms with E-state index >= 15 is 0 Å². The van der Waals surface area contributed by atoms with Crippen LogP contribution in [0.2, 0.25) is 0 Å². The lowest BCUT2D eigenvalue weighted by Gasteiger charge is -2.06. The third-order valence-corrected chi connectivity index (χ3v) is 20.2. The molecule has 0 saturated carbocycles. The Bertz CT molecular complexity index is 4630. The van der Waals surface area contributed by atoms with Crippen molar-refractivity contribution >= 4 is 11.3 Å². The highest BCUT2D eigenvalue weighted by molar-refractivity contribution is 7.10. The number of aromatic nitrogens is 13. The molecule has 0 N–H and O–H groups in total. The van der Waals surface area contributed by atoms with Crippen LogP contribution in [0.25, 0.3) is 79.2 Å². The fraction of sp³-hybridized carbons (Fsp3) is 0.272. The normalized spacial score (nSPS) is 10.7.